The fraction of sp³-hybridized carbons (Fsp3) is 0.103. The highest BCUT2D eigenvalue weighted by Gasteiger charge is 2.38. The summed E-state index contributed by atoms with van der Waals surface area (Å²) in [6.45, 7) is 13.8. The second-order valence-corrected chi connectivity index (χ2v) is 23.2. The van der Waals surface area contributed by atoms with Crippen LogP contribution in [0.25, 0.3) is 74.1 Å². The van der Waals surface area contributed by atoms with Gasteiger partial charge in [-0.15, -0.1) is 0 Å². The number of para-hydroxylation sites is 3. The number of benzene rings is 11. The molecule has 3 nitrogen and oxygen atoms in total. The first-order chi connectivity index (χ1) is 39.5. The lowest BCUT2D eigenvalue weighted by molar-refractivity contribution is 0.660. The minimum absolute atomic E-state index is 0.188. The zero-order chi connectivity index (χ0) is 55.0. The van der Waals surface area contributed by atoms with Crippen LogP contribution in [0.15, 0.2) is 249 Å². The summed E-state index contributed by atoms with van der Waals surface area (Å²) in [5.41, 5.74) is 27.9. The van der Waals surface area contributed by atoms with Gasteiger partial charge >= 0.3 is 0 Å². The van der Waals surface area contributed by atoms with Crippen LogP contribution in [-0.4, -0.2) is 4.57 Å². The number of hydrogen-bond acceptors (Lipinski definition) is 2. The van der Waals surface area contributed by atoms with Crippen molar-refractivity contribution in [1.82, 2.24) is 4.57 Å². The molecule has 14 rings (SSSR count). The van der Waals surface area contributed by atoms with E-state index in [1.165, 1.54) is 88.6 Å². The first kappa shape index (κ1) is 49.6. The van der Waals surface area contributed by atoms with Gasteiger partial charge < -0.3 is 14.4 Å². The fourth-order valence-corrected chi connectivity index (χ4v) is 12.9. The SMILES string of the molecule is Cc1ccc(N(c2ccccc2)c2ccc3c(c2)C(C)(C)c2cc(C=Cc4ccc5c(c4)c4cc(C=Cc6ccc7c(c6)C(C)(C)c6cc(N(c8ccccc8)c8ccc(C)cc8)ccc6-7)ccc4n5-c4ccccc4)ccc2-3)cc1. The van der Waals surface area contributed by atoms with Crippen molar-refractivity contribution in [1.29, 1.82) is 0 Å². The minimum Gasteiger partial charge on any atom is -0.310 e. The first-order valence-corrected chi connectivity index (χ1v) is 28.4. The van der Waals surface area contributed by atoms with Gasteiger partial charge in [-0.05, 0) is 190 Å². The predicted octanol–water partition coefficient (Wildman–Crippen LogP) is 21.3. The zero-order valence-corrected chi connectivity index (χ0v) is 46.8. The van der Waals surface area contributed by atoms with Crippen molar-refractivity contribution in [3.63, 3.8) is 0 Å². The topological polar surface area (TPSA) is 11.4 Å². The lowest BCUT2D eigenvalue weighted by atomic mass is 9.81. The highest BCUT2D eigenvalue weighted by molar-refractivity contribution is 6.11. The molecule has 11 aromatic carbocycles. The summed E-state index contributed by atoms with van der Waals surface area (Å²) < 4.78 is 2.41. The second kappa shape index (κ2) is 19.6. The summed E-state index contributed by atoms with van der Waals surface area (Å²) in [7, 11) is 0. The highest BCUT2D eigenvalue weighted by atomic mass is 15.1. The molecule has 0 atom stereocenters. The Balaban J connectivity index is 0.761. The van der Waals surface area contributed by atoms with Crippen LogP contribution in [0.5, 0.6) is 0 Å². The third kappa shape index (κ3) is 8.69. The summed E-state index contributed by atoms with van der Waals surface area (Å²) in [5.74, 6) is 0. The molecule has 0 bridgehead atoms. The number of rotatable bonds is 11. The molecule has 12 aromatic rings. The van der Waals surface area contributed by atoms with E-state index in [9.17, 15) is 0 Å². The average Bonchev–Trinajstić information content (AvgIpc) is 4.26. The van der Waals surface area contributed by atoms with Gasteiger partial charge in [0.25, 0.3) is 0 Å². The van der Waals surface area contributed by atoms with E-state index in [0.717, 1.165) is 50.9 Å². The molecule has 1 heterocycles. The molecule has 0 aliphatic heterocycles. The molecule has 3 heteroatoms. The monoisotopic (exact) mass is 1040 g/mol. The number of hydrogen-bond donors (Lipinski definition) is 0. The van der Waals surface area contributed by atoms with Crippen LogP contribution in [0.2, 0.25) is 0 Å². The molecule has 0 spiro atoms. The van der Waals surface area contributed by atoms with E-state index in [1.54, 1.807) is 0 Å². The molecule has 390 valence electrons. The fourth-order valence-electron chi connectivity index (χ4n) is 12.9. The van der Waals surface area contributed by atoms with E-state index in [4.69, 9.17) is 0 Å². The Bertz CT molecular complexity index is 4180. The van der Waals surface area contributed by atoms with Gasteiger partial charge in [-0.3, -0.25) is 0 Å². The second-order valence-electron chi connectivity index (χ2n) is 23.2. The van der Waals surface area contributed by atoms with E-state index in [-0.39, 0.29) is 10.8 Å². The number of aromatic nitrogens is 1. The van der Waals surface area contributed by atoms with Crippen LogP contribution in [-0.2, 0) is 10.8 Å². The van der Waals surface area contributed by atoms with Gasteiger partial charge in [0, 0.05) is 61.4 Å². The Morgan fingerprint density at radius 2 is 0.605 bits per heavy atom. The zero-order valence-electron chi connectivity index (χ0n) is 46.8. The van der Waals surface area contributed by atoms with Crippen molar-refractivity contribution in [3.05, 3.63) is 304 Å². The lowest BCUT2D eigenvalue weighted by Crippen LogP contribution is -2.16. The molecule has 0 saturated heterocycles. The van der Waals surface area contributed by atoms with Gasteiger partial charge in [0.05, 0.1) is 11.0 Å². The van der Waals surface area contributed by atoms with Crippen LogP contribution in [0.3, 0.4) is 0 Å². The molecule has 0 fully saturated rings. The lowest BCUT2D eigenvalue weighted by Gasteiger charge is -2.28. The summed E-state index contributed by atoms with van der Waals surface area (Å²) in [6.07, 6.45) is 9.12. The van der Waals surface area contributed by atoms with Crippen LogP contribution < -0.4 is 9.80 Å². The van der Waals surface area contributed by atoms with Crippen molar-refractivity contribution in [3.8, 4) is 27.9 Å². The highest BCUT2D eigenvalue weighted by Crippen LogP contribution is 2.53. The molecule has 2 aliphatic rings. The summed E-state index contributed by atoms with van der Waals surface area (Å²) in [5, 5.41) is 2.46. The van der Waals surface area contributed by atoms with Crippen molar-refractivity contribution in [2.75, 3.05) is 9.80 Å². The van der Waals surface area contributed by atoms with E-state index in [0.29, 0.717) is 0 Å². The molecule has 2 aliphatic carbocycles. The van der Waals surface area contributed by atoms with Crippen molar-refractivity contribution < 1.29 is 0 Å². The number of nitrogens with zero attached hydrogens (tertiary/aromatic N) is 3. The molecule has 81 heavy (non-hydrogen) atoms. The van der Waals surface area contributed by atoms with Gasteiger partial charge in [0.15, 0.2) is 0 Å². The number of fused-ring (bicyclic) bond motifs is 9. The van der Waals surface area contributed by atoms with Gasteiger partial charge in [-0.2, -0.15) is 0 Å². The Morgan fingerprint density at radius 3 is 1.00 bits per heavy atom. The Labute approximate surface area is 476 Å². The van der Waals surface area contributed by atoms with Crippen LogP contribution in [0, 0.1) is 13.8 Å². The van der Waals surface area contributed by atoms with Crippen LogP contribution >= 0.6 is 0 Å². The maximum absolute atomic E-state index is 2.41. The van der Waals surface area contributed by atoms with E-state index in [2.05, 4.69) is 329 Å². The summed E-state index contributed by atoms with van der Waals surface area (Å²) in [6, 6.07) is 91.7. The standard InChI is InChI=1S/C78H63N3/c1-52-22-34-61(35-23-52)79(58-16-10-7-11-17-58)63-38-42-67-65-40-30-56(48-71(65)77(3,4)73(67)50-63)28-26-54-32-44-75-69(46-54)70-47-55(33-45-76(70)81(75)60-20-14-9-15-21-60)27-29-57-31-41-66-68-43-39-64(51-74(68)78(5,6)72(66)49-57)80(59-18-12-8-13-19-59)62-36-24-53(2)25-37-62/h7-51H,1-6H3. The van der Waals surface area contributed by atoms with E-state index >= 15 is 0 Å². The van der Waals surface area contributed by atoms with Gasteiger partial charge in [0.1, 0.15) is 0 Å². The van der Waals surface area contributed by atoms with Crippen molar-refractivity contribution in [2.45, 2.75) is 52.4 Å². The molecule has 0 amide bonds. The Kier molecular flexibility index (Phi) is 12.0. The quantitative estimate of drug-likeness (QED) is 0.120. The molecule has 0 radical (unpaired) electrons. The summed E-state index contributed by atoms with van der Waals surface area (Å²) in [4.78, 5) is 4.74. The molecular weight excluding hydrogens is 979 g/mol. The molecule has 0 N–H and O–H groups in total. The number of aryl methyl sites for hydroxylation is 2. The maximum atomic E-state index is 2.41. The maximum Gasteiger partial charge on any atom is 0.0541 e. The van der Waals surface area contributed by atoms with Gasteiger partial charge in [0.2, 0.25) is 0 Å². The molecular formula is C78H63N3. The normalized spacial score (nSPS) is 13.7. The largest absolute Gasteiger partial charge is 0.310 e. The predicted molar refractivity (Wildman–Crippen MR) is 345 cm³/mol. The Hall–Kier alpha value is -9.70. The average molecular weight is 1040 g/mol. The van der Waals surface area contributed by atoms with Crippen molar-refractivity contribution in [2.24, 2.45) is 0 Å². The van der Waals surface area contributed by atoms with Crippen LogP contribution in [0.4, 0.5) is 34.1 Å². The third-order valence-corrected chi connectivity index (χ3v) is 17.3. The van der Waals surface area contributed by atoms with E-state index in [1.807, 2.05) is 0 Å². The van der Waals surface area contributed by atoms with Crippen LogP contribution in [0.1, 0.15) is 83.3 Å². The minimum atomic E-state index is -0.188. The molecule has 0 unspecified atom stereocenters. The third-order valence-electron chi connectivity index (χ3n) is 17.3. The van der Waals surface area contributed by atoms with E-state index < -0.39 is 0 Å². The van der Waals surface area contributed by atoms with Gasteiger partial charge in [-0.25, -0.2) is 0 Å². The first-order valence-electron chi connectivity index (χ1n) is 28.4. The Morgan fingerprint density at radius 1 is 0.296 bits per heavy atom. The number of anilines is 6. The van der Waals surface area contributed by atoms with Gasteiger partial charge in [-0.1, -0.05) is 203 Å². The van der Waals surface area contributed by atoms with Crippen molar-refractivity contribution >= 4 is 80.2 Å². The smallest absolute Gasteiger partial charge is 0.0541 e. The molecule has 0 saturated carbocycles. The molecule has 1 aromatic heterocycles. The summed E-state index contributed by atoms with van der Waals surface area (Å²) >= 11 is 0.